The van der Waals surface area contributed by atoms with Crippen molar-refractivity contribution in [2.24, 2.45) is 5.92 Å². The van der Waals surface area contributed by atoms with E-state index in [1.54, 1.807) is 6.08 Å². The number of nitrogens with one attached hydrogen (secondary N) is 1. The Labute approximate surface area is 187 Å². The van der Waals surface area contributed by atoms with Crippen molar-refractivity contribution in [2.75, 3.05) is 5.32 Å². The first-order valence-electron chi connectivity index (χ1n) is 11.0. The van der Waals surface area contributed by atoms with Crippen molar-refractivity contribution in [2.45, 2.75) is 25.5 Å². The monoisotopic (exact) mass is 422 g/mol. The van der Waals surface area contributed by atoms with Crippen LogP contribution in [0, 0.1) is 5.92 Å². The molecule has 0 aliphatic heterocycles. The number of para-hydroxylation sites is 1. The fourth-order valence-electron chi connectivity index (χ4n) is 4.79. The predicted molar refractivity (Wildman–Crippen MR) is 130 cm³/mol. The van der Waals surface area contributed by atoms with Gasteiger partial charge >= 0.3 is 0 Å². The lowest BCUT2D eigenvalue weighted by Crippen LogP contribution is -2.35. The summed E-state index contributed by atoms with van der Waals surface area (Å²) in [6, 6.07) is 23.9. The Morgan fingerprint density at radius 2 is 1.72 bits per heavy atom. The molecule has 0 saturated heterocycles. The number of carbonyl (C=O) groups is 1. The number of aromatic nitrogens is 1. The number of rotatable bonds is 5. The van der Waals surface area contributed by atoms with E-state index in [-0.39, 0.29) is 18.2 Å². The highest BCUT2D eigenvalue weighted by atomic mass is 16.3. The quantitative estimate of drug-likeness (QED) is 0.429. The van der Waals surface area contributed by atoms with Gasteiger partial charge in [-0.15, -0.1) is 0 Å². The Kier molecular flexibility index (Phi) is 5.16. The van der Waals surface area contributed by atoms with E-state index >= 15 is 0 Å². The van der Waals surface area contributed by atoms with Crippen molar-refractivity contribution in [3.8, 4) is 0 Å². The number of aliphatic hydroxyl groups is 1. The third kappa shape index (κ3) is 3.43. The van der Waals surface area contributed by atoms with Crippen molar-refractivity contribution >= 4 is 33.4 Å². The molecular formula is C28H26N2O2. The molecule has 0 spiro atoms. The number of allylic oxidation sites excluding steroid dienone is 2. The molecule has 1 heterocycles. The third-order valence-corrected chi connectivity index (χ3v) is 6.38. The highest BCUT2D eigenvalue weighted by Crippen LogP contribution is 2.37. The summed E-state index contributed by atoms with van der Waals surface area (Å²) in [5.74, 6) is -0.469. The number of fused-ring (bicyclic) bond motifs is 3. The lowest BCUT2D eigenvalue weighted by Gasteiger charge is -2.34. The van der Waals surface area contributed by atoms with Crippen LogP contribution in [0.15, 0.2) is 97.1 Å². The number of amides is 1. The lowest BCUT2D eigenvalue weighted by atomic mass is 9.76. The van der Waals surface area contributed by atoms with Gasteiger partial charge in [-0.1, -0.05) is 66.8 Å². The maximum Gasteiger partial charge on any atom is 0.225 e. The molecule has 1 aromatic heterocycles. The minimum Gasteiger partial charge on any atom is -0.380 e. The van der Waals surface area contributed by atoms with Gasteiger partial charge in [0.05, 0.1) is 0 Å². The second-order valence-electron chi connectivity index (χ2n) is 8.29. The fraction of sp³-hybridized carbons (Fsp3) is 0.179. The van der Waals surface area contributed by atoms with Crippen LogP contribution < -0.4 is 5.32 Å². The van der Waals surface area contributed by atoms with Gasteiger partial charge in [0.2, 0.25) is 5.91 Å². The molecule has 0 saturated carbocycles. The van der Waals surface area contributed by atoms with E-state index in [0.717, 1.165) is 28.7 Å². The molecule has 2 atom stereocenters. The van der Waals surface area contributed by atoms with Crippen molar-refractivity contribution in [1.29, 1.82) is 0 Å². The van der Waals surface area contributed by atoms with E-state index in [2.05, 4.69) is 41.1 Å². The summed E-state index contributed by atoms with van der Waals surface area (Å²) >= 11 is 0. The number of anilines is 1. The molecule has 4 heteroatoms. The zero-order chi connectivity index (χ0) is 22.1. The highest BCUT2D eigenvalue weighted by molar-refractivity contribution is 6.09. The molecular weight excluding hydrogens is 396 g/mol. The maximum absolute atomic E-state index is 13.0. The normalized spacial score (nSPS) is 20.1. The average molecular weight is 423 g/mol. The molecule has 2 unspecified atom stereocenters. The molecule has 1 aliphatic rings. The van der Waals surface area contributed by atoms with Gasteiger partial charge < -0.3 is 15.0 Å². The van der Waals surface area contributed by atoms with Gasteiger partial charge in [0, 0.05) is 46.4 Å². The van der Waals surface area contributed by atoms with Crippen molar-refractivity contribution in [3.05, 3.63) is 103 Å². The number of carbonyl (C=O) groups excluding carboxylic acids is 1. The van der Waals surface area contributed by atoms with Gasteiger partial charge in [0.1, 0.15) is 5.60 Å². The fourth-order valence-corrected chi connectivity index (χ4v) is 4.79. The minimum absolute atomic E-state index is 0.122. The van der Waals surface area contributed by atoms with Crippen molar-refractivity contribution in [1.82, 2.24) is 4.57 Å². The molecule has 0 fully saturated rings. The van der Waals surface area contributed by atoms with Crippen LogP contribution in [-0.4, -0.2) is 15.6 Å². The highest BCUT2D eigenvalue weighted by Gasteiger charge is 2.37. The first kappa shape index (κ1) is 20.3. The second kappa shape index (κ2) is 8.13. The summed E-state index contributed by atoms with van der Waals surface area (Å²) < 4.78 is 2.29. The molecule has 4 nitrogen and oxygen atoms in total. The Hall–Kier alpha value is -3.63. The number of hydrogen-bond donors (Lipinski definition) is 2. The molecule has 1 amide bonds. The van der Waals surface area contributed by atoms with Crippen LogP contribution in [0.3, 0.4) is 0 Å². The predicted octanol–water partition coefficient (Wildman–Crippen LogP) is 5.77. The Bertz CT molecular complexity index is 1350. The minimum atomic E-state index is -1.20. The van der Waals surface area contributed by atoms with E-state index in [1.165, 1.54) is 10.9 Å². The summed E-state index contributed by atoms with van der Waals surface area (Å²) in [4.78, 5) is 13.0. The molecule has 1 aliphatic carbocycles. The summed E-state index contributed by atoms with van der Waals surface area (Å²) in [5, 5.41) is 16.7. The number of aryl methyl sites for hydroxylation is 1. The van der Waals surface area contributed by atoms with Crippen LogP contribution in [0.1, 0.15) is 18.9 Å². The third-order valence-electron chi connectivity index (χ3n) is 6.38. The van der Waals surface area contributed by atoms with E-state index in [9.17, 15) is 9.90 Å². The van der Waals surface area contributed by atoms with Crippen molar-refractivity contribution in [3.63, 3.8) is 0 Å². The number of benzene rings is 3. The molecule has 3 aromatic carbocycles. The van der Waals surface area contributed by atoms with Gasteiger partial charge in [-0.2, -0.15) is 0 Å². The zero-order valence-electron chi connectivity index (χ0n) is 18.0. The van der Waals surface area contributed by atoms with Crippen molar-refractivity contribution < 1.29 is 9.90 Å². The van der Waals surface area contributed by atoms with Crippen LogP contribution in [0.25, 0.3) is 21.8 Å². The number of nitrogens with zero attached hydrogens (tertiary/aromatic N) is 1. The molecule has 5 rings (SSSR count). The van der Waals surface area contributed by atoms with E-state index in [4.69, 9.17) is 0 Å². The van der Waals surface area contributed by atoms with Crippen LogP contribution in [0.2, 0.25) is 0 Å². The smallest absolute Gasteiger partial charge is 0.225 e. The van der Waals surface area contributed by atoms with Crippen LogP contribution in [0.5, 0.6) is 0 Å². The van der Waals surface area contributed by atoms with Gasteiger partial charge in [-0.25, -0.2) is 0 Å². The standard InChI is InChI=1S/C28H26N2O2/c1-2-30-25-14-7-6-13-23(25)24-19-22(15-16-26(24)30)29-27(31)18-21-12-8-9-17-28(21,32)20-10-4-3-5-11-20/h3-17,19,21,32H,2,18H2,1H3,(H,29,31). The average Bonchev–Trinajstić information content (AvgIpc) is 3.14. The van der Waals surface area contributed by atoms with Gasteiger partial charge in [0.15, 0.2) is 0 Å². The SMILES string of the molecule is CCn1c2ccccc2c2cc(NC(=O)CC3C=CC=CC3(O)c3ccccc3)ccc21. The van der Waals surface area contributed by atoms with Crippen LogP contribution >= 0.6 is 0 Å². The first-order chi connectivity index (χ1) is 15.6. The lowest BCUT2D eigenvalue weighted by molar-refractivity contribution is -0.118. The first-order valence-corrected chi connectivity index (χ1v) is 11.0. The summed E-state index contributed by atoms with van der Waals surface area (Å²) in [6.45, 7) is 3.02. The summed E-state index contributed by atoms with van der Waals surface area (Å²) in [7, 11) is 0. The maximum atomic E-state index is 13.0. The summed E-state index contributed by atoms with van der Waals surface area (Å²) in [6.07, 6.45) is 7.58. The van der Waals surface area contributed by atoms with Crippen LogP contribution in [0.4, 0.5) is 5.69 Å². The Morgan fingerprint density at radius 3 is 2.53 bits per heavy atom. The van der Waals surface area contributed by atoms with E-state index in [1.807, 2.05) is 66.8 Å². The molecule has 0 bridgehead atoms. The van der Waals surface area contributed by atoms with E-state index < -0.39 is 5.60 Å². The second-order valence-corrected chi connectivity index (χ2v) is 8.29. The van der Waals surface area contributed by atoms with E-state index in [0.29, 0.717) is 0 Å². The molecule has 4 aromatic rings. The molecule has 2 N–H and O–H groups in total. The summed E-state index contributed by atoms with van der Waals surface area (Å²) in [5.41, 5.74) is 2.70. The largest absolute Gasteiger partial charge is 0.380 e. The Balaban J connectivity index is 1.41. The molecule has 160 valence electrons. The van der Waals surface area contributed by atoms with Crippen LogP contribution in [-0.2, 0) is 16.9 Å². The zero-order valence-corrected chi connectivity index (χ0v) is 18.0. The van der Waals surface area contributed by atoms with Gasteiger partial charge in [0.25, 0.3) is 0 Å². The molecule has 32 heavy (non-hydrogen) atoms. The molecule has 0 radical (unpaired) electrons. The Morgan fingerprint density at radius 1 is 0.969 bits per heavy atom. The van der Waals surface area contributed by atoms with Gasteiger partial charge in [-0.05, 0) is 42.8 Å². The number of hydrogen-bond acceptors (Lipinski definition) is 2. The van der Waals surface area contributed by atoms with Gasteiger partial charge in [-0.3, -0.25) is 4.79 Å². The topological polar surface area (TPSA) is 54.3 Å².